The molecule has 3 unspecified atom stereocenters. The molecular weight excluding hydrogens is 276 g/mol. The van der Waals surface area contributed by atoms with Crippen molar-refractivity contribution in [1.29, 1.82) is 0 Å². The van der Waals surface area contributed by atoms with Crippen LogP contribution in [0.3, 0.4) is 0 Å². The van der Waals surface area contributed by atoms with Crippen molar-refractivity contribution in [3.05, 3.63) is 35.9 Å². The van der Waals surface area contributed by atoms with Gasteiger partial charge >= 0.3 is 0 Å². The minimum absolute atomic E-state index is 0.246. The summed E-state index contributed by atoms with van der Waals surface area (Å²) in [7, 11) is 0. The van der Waals surface area contributed by atoms with E-state index in [1.54, 1.807) is 0 Å². The van der Waals surface area contributed by atoms with Crippen molar-refractivity contribution in [2.24, 2.45) is 0 Å². The number of nitrogens with one attached hydrogen (secondary N) is 1. The van der Waals surface area contributed by atoms with Gasteiger partial charge in [0.05, 0.1) is 0 Å². The van der Waals surface area contributed by atoms with Gasteiger partial charge in [-0.15, -0.1) is 0 Å². The van der Waals surface area contributed by atoms with Gasteiger partial charge in [0.1, 0.15) is 0 Å². The van der Waals surface area contributed by atoms with Gasteiger partial charge in [-0.3, -0.25) is 4.90 Å². The minimum Gasteiger partial charge on any atom is -0.308 e. The summed E-state index contributed by atoms with van der Waals surface area (Å²) < 4.78 is 0. The van der Waals surface area contributed by atoms with Crippen LogP contribution >= 0.6 is 11.8 Å². The molecule has 1 N–H and O–H groups in total. The Morgan fingerprint density at radius 3 is 2.67 bits per heavy atom. The average Bonchev–Trinajstić information content (AvgIpc) is 2.53. The molecule has 3 atom stereocenters. The summed E-state index contributed by atoms with van der Waals surface area (Å²) in [6, 6.07) is 12.1. The normalized spacial score (nSPS) is 28.5. The van der Waals surface area contributed by atoms with Crippen LogP contribution < -0.4 is 5.32 Å². The van der Waals surface area contributed by atoms with Crippen molar-refractivity contribution >= 4 is 11.8 Å². The molecule has 1 aromatic rings. The van der Waals surface area contributed by atoms with E-state index in [-0.39, 0.29) is 5.54 Å². The van der Waals surface area contributed by atoms with Gasteiger partial charge in [0.15, 0.2) is 0 Å². The number of benzene rings is 1. The van der Waals surface area contributed by atoms with E-state index in [0.29, 0.717) is 12.1 Å². The van der Waals surface area contributed by atoms with Gasteiger partial charge in [-0.1, -0.05) is 44.2 Å². The maximum atomic E-state index is 3.79. The van der Waals surface area contributed by atoms with Gasteiger partial charge < -0.3 is 5.32 Å². The number of nitrogens with zero attached hydrogens (tertiary/aromatic N) is 1. The molecule has 0 saturated carbocycles. The Hall–Kier alpha value is -0.510. The summed E-state index contributed by atoms with van der Waals surface area (Å²) in [4.78, 5) is 2.72. The lowest BCUT2D eigenvalue weighted by molar-refractivity contribution is 0.0590. The third-order valence-electron chi connectivity index (χ3n) is 4.75. The van der Waals surface area contributed by atoms with Crippen molar-refractivity contribution in [2.45, 2.75) is 51.7 Å². The zero-order chi connectivity index (χ0) is 15.3. The third-order valence-corrected chi connectivity index (χ3v) is 5.87. The second-order valence-corrected chi connectivity index (χ2v) is 7.72. The first-order valence-corrected chi connectivity index (χ1v) is 9.38. The molecule has 0 aromatic heterocycles. The molecule has 0 spiro atoms. The molecule has 0 amide bonds. The molecule has 0 aliphatic carbocycles. The van der Waals surface area contributed by atoms with Crippen molar-refractivity contribution in [3.8, 4) is 0 Å². The number of hydrogen-bond acceptors (Lipinski definition) is 3. The average molecular weight is 307 g/mol. The fourth-order valence-corrected chi connectivity index (χ4v) is 3.87. The quantitative estimate of drug-likeness (QED) is 0.857. The lowest BCUT2D eigenvalue weighted by Crippen LogP contribution is -2.61. The van der Waals surface area contributed by atoms with Gasteiger partial charge in [0, 0.05) is 36.5 Å². The standard InChI is InChI=1S/C18H30N2S/c1-5-18(4)14-20(15(3)13-21-6-2)17(12-19-18)16-10-8-7-9-11-16/h7-11,15,17,19H,5-6,12-14H2,1-4H3. The van der Waals surface area contributed by atoms with Crippen LogP contribution in [-0.2, 0) is 0 Å². The molecule has 0 bridgehead atoms. The van der Waals surface area contributed by atoms with Crippen molar-refractivity contribution in [2.75, 3.05) is 24.6 Å². The lowest BCUT2D eigenvalue weighted by atomic mass is 9.90. The second-order valence-electron chi connectivity index (χ2n) is 6.40. The van der Waals surface area contributed by atoms with Crippen LogP contribution in [0.15, 0.2) is 30.3 Å². The van der Waals surface area contributed by atoms with Crippen LogP contribution in [0, 0.1) is 0 Å². The molecule has 1 saturated heterocycles. The summed E-state index contributed by atoms with van der Waals surface area (Å²) in [5.74, 6) is 2.43. The van der Waals surface area contributed by atoms with Gasteiger partial charge in [0.2, 0.25) is 0 Å². The number of thioether (sulfide) groups is 1. The lowest BCUT2D eigenvalue weighted by Gasteiger charge is -2.48. The first kappa shape index (κ1) is 16.9. The van der Waals surface area contributed by atoms with Crippen LogP contribution in [0.1, 0.15) is 45.7 Å². The molecule has 3 heteroatoms. The van der Waals surface area contributed by atoms with Crippen LogP contribution in [0.4, 0.5) is 0 Å². The van der Waals surface area contributed by atoms with Crippen LogP contribution in [-0.4, -0.2) is 41.1 Å². The molecule has 1 aromatic carbocycles. The van der Waals surface area contributed by atoms with Crippen LogP contribution in [0.5, 0.6) is 0 Å². The molecular formula is C18H30N2S. The number of hydrogen-bond donors (Lipinski definition) is 1. The van der Waals surface area contributed by atoms with E-state index >= 15 is 0 Å². The summed E-state index contributed by atoms with van der Waals surface area (Å²) in [5, 5.41) is 3.79. The Morgan fingerprint density at radius 2 is 2.05 bits per heavy atom. The highest BCUT2D eigenvalue weighted by atomic mass is 32.2. The smallest absolute Gasteiger partial charge is 0.0476 e. The maximum absolute atomic E-state index is 3.79. The topological polar surface area (TPSA) is 15.3 Å². The Balaban J connectivity index is 2.18. The highest BCUT2D eigenvalue weighted by Crippen LogP contribution is 2.31. The van der Waals surface area contributed by atoms with Crippen LogP contribution in [0.2, 0.25) is 0 Å². The fourth-order valence-electron chi connectivity index (χ4n) is 3.10. The van der Waals surface area contributed by atoms with Gasteiger partial charge in [-0.2, -0.15) is 11.8 Å². The molecule has 118 valence electrons. The van der Waals surface area contributed by atoms with E-state index in [0.717, 1.165) is 13.1 Å². The molecule has 1 heterocycles. The van der Waals surface area contributed by atoms with E-state index in [2.05, 4.69) is 80.0 Å². The number of piperazine rings is 1. The Labute approximate surface area is 134 Å². The maximum Gasteiger partial charge on any atom is 0.0476 e. The first-order valence-electron chi connectivity index (χ1n) is 8.23. The minimum atomic E-state index is 0.246. The molecule has 2 nitrogen and oxygen atoms in total. The molecule has 1 aliphatic heterocycles. The molecule has 0 radical (unpaired) electrons. The molecule has 1 aliphatic rings. The molecule has 2 rings (SSSR count). The van der Waals surface area contributed by atoms with Crippen molar-refractivity contribution in [3.63, 3.8) is 0 Å². The Bertz CT molecular complexity index is 422. The summed E-state index contributed by atoms with van der Waals surface area (Å²) in [5.41, 5.74) is 1.69. The first-order chi connectivity index (χ1) is 10.1. The van der Waals surface area contributed by atoms with Crippen molar-refractivity contribution in [1.82, 2.24) is 10.2 Å². The van der Waals surface area contributed by atoms with E-state index in [9.17, 15) is 0 Å². The number of rotatable bonds is 6. The second kappa shape index (κ2) is 7.66. The van der Waals surface area contributed by atoms with E-state index in [4.69, 9.17) is 0 Å². The predicted octanol–water partition coefficient (Wildman–Crippen LogP) is 3.94. The Morgan fingerprint density at radius 1 is 1.33 bits per heavy atom. The highest BCUT2D eigenvalue weighted by molar-refractivity contribution is 7.99. The zero-order valence-electron chi connectivity index (χ0n) is 13.9. The fraction of sp³-hybridized carbons (Fsp3) is 0.667. The predicted molar refractivity (Wildman–Crippen MR) is 95.0 cm³/mol. The summed E-state index contributed by atoms with van der Waals surface area (Å²) >= 11 is 2.05. The SMILES string of the molecule is CCSCC(C)N1CC(C)(CC)NCC1c1ccccc1. The highest BCUT2D eigenvalue weighted by Gasteiger charge is 2.37. The summed E-state index contributed by atoms with van der Waals surface area (Å²) in [6.07, 6.45) is 1.18. The zero-order valence-corrected chi connectivity index (χ0v) is 14.7. The summed E-state index contributed by atoms with van der Waals surface area (Å²) in [6.45, 7) is 11.5. The van der Waals surface area contributed by atoms with Gasteiger partial charge in [-0.25, -0.2) is 0 Å². The molecule has 21 heavy (non-hydrogen) atoms. The van der Waals surface area contributed by atoms with Gasteiger partial charge in [-0.05, 0) is 31.6 Å². The monoisotopic (exact) mass is 306 g/mol. The van der Waals surface area contributed by atoms with E-state index < -0.39 is 0 Å². The third kappa shape index (κ3) is 4.24. The van der Waals surface area contributed by atoms with E-state index in [1.807, 2.05) is 0 Å². The molecule has 1 fully saturated rings. The van der Waals surface area contributed by atoms with Crippen LogP contribution in [0.25, 0.3) is 0 Å². The van der Waals surface area contributed by atoms with E-state index in [1.165, 1.54) is 23.5 Å². The van der Waals surface area contributed by atoms with Crippen molar-refractivity contribution < 1.29 is 0 Å². The Kier molecular flexibility index (Phi) is 6.15. The van der Waals surface area contributed by atoms with Gasteiger partial charge in [0.25, 0.3) is 0 Å². The largest absolute Gasteiger partial charge is 0.308 e.